The first-order chi connectivity index (χ1) is 10.0. The van der Waals surface area contributed by atoms with E-state index in [4.69, 9.17) is 28.5 Å². The molecule has 1 atom stereocenters. The summed E-state index contributed by atoms with van der Waals surface area (Å²) in [5.74, 6) is 0. The monoisotopic (exact) mass is 318 g/mol. The number of nitriles is 1. The van der Waals surface area contributed by atoms with Crippen molar-refractivity contribution in [3.63, 3.8) is 0 Å². The Hall–Kier alpha value is -1.69. The van der Waals surface area contributed by atoms with Crippen molar-refractivity contribution >= 4 is 28.9 Å². The van der Waals surface area contributed by atoms with Crippen LogP contribution in [0.1, 0.15) is 36.1 Å². The highest BCUT2D eigenvalue weighted by molar-refractivity contribution is 6.42. The zero-order valence-corrected chi connectivity index (χ0v) is 13.5. The second kappa shape index (κ2) is 6.85. The van der Waals surface area contributed by atoms with Crippen LogP contribution in [0.5, 0.6) is 0 Å². The second-order valence-corrected chi connectivity index (χ2v) is 5.73. The maximum atomic E-state index is 9.02. The van der Waals surface area contributed by atoms with E-state index in [0.29, 0.717) is 15.6 Å². The maximum Gasteiger partial charge on any atom is 0.0992 e. The molecule has 0 aliphatic rings. The van der Waals surface area contributed by atoms with Gasteiger partial charge in [0.05, 0.1) is 27.7 Å². The van der Waals surface area contributed by atoms with Gasteiger partial charge in [0, 0.05) is 5.69 Å². The fourth-order valence-corrected chi connectivity index (χ4v) is 2.49. The van der Waals surface area contributed by atoms with Crippen LogP contribution in [0.15, 0.2) is 36.4 Å². The molecule has 0 aromatic heterocycles. The summed E-state index contributed by atoms with van der Waals surface area (Å²) in [7, 11) is 0. The minimum absolute atomic E-state index is 0.118. The maximum absolute atomic E-state index is 9.02. The topological polar surface area (TPSA) is 35.8 Å². The fraction of sp³-hybridized carbons (Fsp3) is 0.235. The standard InChI is InChI=1S/C17H16Cl2N2/c1-3-16(13-6-7-14(18)15(19)9-13)21-17-8-12(10-20)5-4-11(17)2/h4-9,16,21H,3H2,1-2H3. The van der Waals surface area contributed by atoms with Gasteiger partial charge in [-0.2, -0.15) is 5.26 Å². The van der Waals surface area contributed by atoms with Crippen LogP contribution in [0.4, 0.5) is 5.69 Å². The lowest BCUT2D eigenvalue weighted by Crippen LogP contribution is -2.10. The third kappa shape index (κ3) is 3.69. The predicted molar refractivity (Wildman–Crippen MR) is 89.0 cm³/mol. The lowest BCUT2D eigenvalue weighted by Gasteiger charge is -2.21. The molecule has 0 saturated heterocycles. The molecule has 1 unspecified atom stereocenters. The van der Waals surface area contributed by atoms with Gasteiger partial charge in [0.2, 0.25) is 0 Å². The summed E-state index contributed by atoms with van der Waals surface area (Å²) in [6.07, 6.45) is 0.897. The molecule has 2 nitrogen and oxygen atoms in total. The van der Waals surface area contributed by atoms with Gasteiger partial charge in [-0.15, -0.1) is 0 Å². The van der Waals surface area contributed by atoms with Crippen LogP contribution in [0, 0.1) is 18.3 Å². The van der Waals surface area contributed by atoms with Gasteiger partial charge in [0.15, 0.2) is 0 Å². The van der Waals surface area contributed by atoms with Gasteiger partial charge in [0.1, 0.15) is 0 Å². The lowest BCUT2D eigenvalue weighted by atomic mass is 10.0. The van der Waals surface area contributed by atoms with Crippen molar-refractivity contribution in [1.29, 1.82) is 5.26 Å². The van der Waals surface area contributed by atoms with Gasteiger partial charge in [-0.1, -0.05) is 42.3 Å². The van der Waals surface area contributed by atoms with E-state index < -0.39 is 0 Å². The van der Waals surface area contributed by atoms with Crippen LogP contribution in [-0.4, -0.2) is 0 Å². The molecule has 0 heterocycles. The van der Waals surface area contributed by atoms with Crippen molar-refractivity contribution in [3.8, 4) is 6.07 Å². The summed E-state index contributed by atoms with van der Waals surface area (Å²) in [5, 5.41) is 13.6. The number of nitrogens with zero attached hydrogens (tertiary/aromatic N) is 1. The predicted octanol–water partition coefficient (Wildman–Crippen LogP) is 5.74. The highest BCUT2D eigenvalue weighted by Crippen LogP contribution is 2.30. The molecule has 2 aromatic rings. The van der Waals surface area contributed by atoms with Gasteiger partial charge in [-0.05, 0) is 48.7 Å². The smallest absolute Gasteiger partial charge is 0.0992 e. The molecule has 0 spiro atoms. The molecular weight excluding hydrogens is 303 g/mol. The van der Waals surface area contributed by atoms with Crippen molar-refractivity contribution in [2.24, 2.45) is 0 Å². The Morgan fingerprint density at radius 2 is 1.90 bits per heavy atom. The molecule has 108 valence electrons. The summed E-state index contributed by atoms with van der Waals surface area (Å²) in [6, 6.07) is 13.6. The number of benzene rings is 2. The first-order valence-electron chi connectivity index (χ1n) is 6.77. The molecule has 21 heavy (non-hydrogen) atoms. The Kier molecular flexibility index (Phi) is 5.12. The number of halogens is 2. The first-order valence-corrected chi connectivity index (χ1v) is 7.53. The zero-order chi connectivity index (χ0) is 15.4. The zero-order valence-electron chi connectivity index (χ0n) is 12.0. The summed E-state index contributed by atoms with van der Waals surface area (Å²) < 4.78 is 0. The highest BCUT2D eigenvalue weighted by Gasteiger charge is 2.12. The van der Waals surface area contributed by atoms with E-state index in [0.717, 1.165) is 23.2 Å². The molecule has 0 fully saturated rings. The van der Waals surface area contributed by atoms with Gasteiger partial charge >= 0.3 is 0 Å². The van der Waals surface area contributed by atoms with Crippen molar-refractivity contribution in [2.45, 2.75) is 26.3 Å². The van der Waals surface area contributed by atoms with E-state index in [9.17, 15) is 0 Å². The van der Waals surface area contributed by atoms with Gasteiger partial charge < -0.3 is 5.32 Å². The molecule has 0 amide bonds. The number of nitrogens with one attached hydrogen (secondary N) is 1. The van der Waals surface area contributed by atoms with Gasteiger partial charge in [0.25, 0.3) is 0 Å². The molecule has 2 rings (SSSR count). The number of aryl methyl sites for hydroxylation is 1. The van der Waals surface area contributed by atoms with E-state index in [1.54, 1.807) is 0 Å². The number of hydrogen-bond donors (Lipinski definition) is 1. The van der Waals surface area contributed by atoms with E-state index in [2.05, 4.69) is 18.3 Å². The average Bonchev–Trinajstić information content (AvgIpc) is 2.49. The third-order valence-electron chi connectivity index (χ3n) is 3.45. The van der Waals surface area contributed by atoms with Crippen LogP contribution in [0.25, 0.3) is 0 Å². The summed E-state index contributed by atoms with van der Waals surface area (Å²) in [4.78, 5) is 0. The van der Waals surface area contributed by atoms with Crippen LogP contribution >= 0.6 is 23.2 Å². The Morgan fingerprint density at radius 3 is 2.52 bits per heavy atom. The molecule has 0 radical (unpaired) electrons. The Morgan fingerprint density at radius 1 is 1.14 bits per heavy atom. The summed E-state index contributed by atoms with van der Waals surface area (Å²) in [6.45, 7) is 4.12. The Bertz CT molecular complexity index is 690. The quantitative estimate of drug-likeness (QED) is 0.780. The summed E-state index contributed by atoms with van der Waals surface area (Å²) in [5.41, 5.74) is 3.79. The van der Waals surface area contributed by atoms with E-state index in [-0.39, 0.29) is 6.04 Å². The molecule has 0 bridgehead atoms. The largest absolute Gasteiger partial charge is 0.378 e. The van der Waals surface area contributed by atoms with Crippen molar-refractivity contribution < 1.29 is 0 Å². The molecular formula is C17H16Cl2N2. The number of anilines is 1. The van der Waals surface area contributed by atoms with Gasteiger partial charge in [-0.25, -0.2) is 0 Å². The molecule has 1 N–H and O–H groups in total. The van der Waals surface area contributed by atoms with Crippen molar-refractivity contribution in [2.75, 3.05) is 5.32 Å². The van der Waals surface area contributed by atoms with Gasteiger partial charge in [-0.3, -0.25) is 0 Å². The molecule has 2 aromatic carbocycles. The van der Waals surface area contributed by atoms with Crippen molar-refractivity contribution in [3.05, 3.63) is 63.1 Å². The average molecular weight is 319 g/mol. The van der Waals surface area contributed by atoms with Crippen LogP contribution in [0.3, 0.4) is 0 Å². The Balaban J connectivity index is 2.31. The number of hydrogen-bond acceptors (Lipinski definition) is 2. The molecule has 0 aliphatic carbocycles. The summed E-state index contributed by atoms with van der Waals surface area (Å²) >= 11 is 12.1. The normalized spacial score (nSPS) is 11.8. The highest BCUT2D eigenvalue weighted by atomic mass is 35.5. The third-order valence-corrected chi connectivity index (χ3v) is 4.19. The second-order valence-electron chi connectivity index (χ2n) is 4.92. The van der Waals surface area contributed by atoms with E-state index in [1.807, 2.05) is 43.3 Å². The minimum atomic E-state index is 0.118. The van der Waals surface area contributed by atoms with Crippen molar-refractivity contribution in [1.82, 2.24) is 0 Å². The molecule has 0 aliphatic heterocycles. The first kappa shape index (κ1) is 15.7. The number of rotatable bonds is 4. The van der Waals surface area contributed by atoms with Crippen LogP contribution in [0.2, 0.25) is 10.0 Å². The Labute approximate surface area is 135 Å². The van der Waals surface area contributed by atoms with E-state index in [1.165, 1.54) is 0 Å². The molecule has 0 saturated carbocycles. The van der Waals surface area contributed by atoms with Crippen LogP contribution in [-0.2, 0) is 0 Å². The fourth-order valence-electron chi connectivity index (χ4n) is 2.18. The van der Waals surface area contributed by atoms with Crippen LogP contribution < -0.4 is 5.32 Å². The lowest BCUT2D eigenvalue weighted by molar-refractivity contribution is 0.748. The van der Waals surface area contributed by atoms with E-state index >= 15 is 0 Å². The minimum Gasteiger partial charge on any atom is -0.378 e. The molecule has 4 heteroatoms. The SMILES string of the molecule is CCC(Nc1cc(C#N)ccc1C)c1ccc(Cl)c(Cl)c1.